The number of aromatic nitrogens is 2. The quantitative estimate of drug-likeness (QED) is 0.723. The van der Waals surface area contributed by atoms with E-state index in [0.29, 0.717) is 50.7 Å². The maximum absolute atomic E-state index is 12.1. The largest absolute Gasteiger partial charge is 0.391 e. The van der Waals surface area contributed by atoms with Crippen molar-refractivity contribution in [3.05, 3.63) is 18.0 Å². The fourth-order valence-corrected chi connectivity index (χ4v) is 2.27. The van der Waals surface area contributed by atoms with Crippen LogP contribution in [0.15, 0.2) is 12.4 Å². The number of aliphatic hydroxyl groups excluding tert-OH is 1. The minimum absolute atomic E-state index is 0.0518. The molecule has 1 aliphatic rings. The van der Waals surface area contributed by atoms with Gasteiger partial charge in [-0.05, 0) is 6.92 Å². The molecule has 8 heteroatoms. The minimum atomic E-state index is -0.513. The molecule has 1 fully saturated rings. The molecule has 0 unspecified atom stereocenters. The van der Waals surface area contributed by atoms with Crippen molar-refractivity contribution < 1.29 is 14.6 Å². The zero-order valence-corrected chi connectivity index (χ0v) is 13.2. The highest BCUT2D eigenvalue weighted by Gasteiger charge is 2.22. The number of nitrogens with zero attached hydrogens (tertiary/aromatic N) is 5. The lowest BCUT2D eigenvalue weighted by Crippen LogP contribution is -2.49. The van der Waals surface area contributed by atoms with E-state index in [-0.39, 0.29) is 12.5 Å². The van der Waals surface area contributed by atoms with Crippen LogP contribution in [0.4, 0.5) is 5.95 Å². The van der Waals surface area contributed by atoms with Gasteiger partial charge in [-0.1, -0.05) is 0 Å². The predicted octanol–water partition coefficient (Wildman–Crippen LogP) is -0.216. The molecule has 1 N–H and O–H groups in total. The van der Waals surface area contributed by atoms with Crippen LogP contribution < -0.4 is 4.90 Å². The predicted molar refractivity (Wildman–Crippen MR) is 82.7 cm³/mol. The Morgan fingerprint density at radius 3 is 2.61 bits per heavy atom. The third-order valence-electron chi connectivity index (χ3n) is 3.50. The molecule has 0 spiro atoms. The monoisotopic (exact) mass is 319 g/mol. The molecule has 124 valence electrons. The summed E-state index contributed by atoms with van der Waals surface area (Å²) < 4.78 is 5.21. The van der Waals surface area contributed by atoms with Gasteiger partial charge in [-0.2, -0.15) is 5.26 Å². The number of hydrogen-bond acceptors (Lipinski definition) is 7. The molecule has 1 atom stereocenters. The number of carbonyl (C=O) groups excluding carboxylic acids is 1. The van der Waals surface area contributed by atoms with E-state index < -0.39 is 6.10 Å². The Hall–Kier alpha value is -2.24. The van der Waals surface area contributed by atoms with E-state index in [1.165, 1.54) is 12.4 Å². The topological polar surface area (TPSA) is 103 Å². The number of amides is 1. The van der Waals surface area contributed by atoms with Crippen molar-refractivity contribution >= 4 is 11.9 Å². The van der Waals surface area contributed by atoms with Crippen LogP contribution in [0.25, 0.3) is 0 Å². The van der Waals surface area contributed by atoms with Crippen LogP contribution in [0, 0.1) is 11.3 Å². The fraction of sp³-hybridized carbons (Fsp3) is 0.600. The van der Waals surface area contributed by atoms with Crippen LogP contribution in [0.1, 0.15) is 18.9 Å². The van der Waals surface area contributed by atoms with Gasteiger partial charge < -0.3 is 19.6 Å². The number of rotatable bonds is 6. The molecule has 0 radical (unpaired) electrons. The highest BCUT2D eigenvalue weighted by atomic mass is 16.5. The number of anilines is 1. The van der Waals surface area contributed by atoms with Crippen molar-refractivity contribution in [2.24, 2.45) is 0 Å². The molecule has 2 heterocycles. The van der Waals surface area contributed by atoms with E-state index in [9.17, 15) is 4.79 Å². The van der Waals surface area contributed by atoms with Gasteiger partial charge in [0.2, 0.25) is 11.9 Å². The molecule has 1 amide bonds. The van der Waals surface area contributed by atoms with E-state index in [0.717, 1.165) is 0 Å². The lowest BCUT2D eigenvalue weighted by atomic mass is 10.3. The fourth-order valence-electron chi connectivity index (χ4n) is 2.27. The van der Waals surface area contributed by atoms with E-state index in [1.54, 1.807) is 11.8 Å². The lowest BCUT2D eigenvalue weighted by Gasteiger charge is -2.34. The maximum Gasteiger partial charge on any atom is 0.225 e. The number of piperazine rings is 1. The molecule has 1 aromatic rings. The van der Waals surface area contributed by atoms with Crippen molar-refractivity contribution in [2.45, 2.75) is 19.4 Å². The summed E-state index contributed by atoms with van der Waals surface area (Å²) in [5.41, 5.74) is 0.430. The van der Waals surface area contributed by atoms with E-state index in [4.69, 9.17) is 15.1 Å². The Labute approximate surface area is 135 Å². The second-order valence-electron chi connectivity index (χ2n) is 5.43. The summed E-state index contributed by atoms with van der Waals surface area (Å²) in [6.07, 6.45) is 2.81. The first-order valence-electron chi connectivity index (χ1n) is 7.61. The third-order valence-corrected chi connectivity index (χ3v) is 3.50. The second kappa shape index (κ2) is 8.41. The summed E-state index contributed by atoms with van der Waals surface area (Å²) in [6, 6.07) is 1.99. The number of ether oxygens (including phenoxy) is 1. The number of nitriles is 1. The number of carbonyl (C=O) groups is 1. The maximum atomic E-state index is 12.1. The van der Waals surface area contributed by atoms with Gasteiger partial charge in [0, 0.05) is 26.2 Å². The minimum Gasteiger partial charge on any atom is -0.391 e. The Morgan fingerprint density at radius 1 is 1.39 bits per heavy atom. The molecule has 2 rings (SSSR count). The molecule has 0 aliphatic carbocycles. The number of hydrogen-bond donors (Lipinski definition) is 1. The zero-order chi connectivity index (χ0) is 16.7. The molecule has 23 heavy (non-hydrogen) atoms. The van der Waals surface area contributed by atoms with Crippen LogP contribution in [0.2, 0.25) is 0 Å². The molecule has 0 aromatic carbocycles. The molecule has 1 aliphatic heterocycles. The normalized spacial score (nSPS) is 16.0. The molecule has 0 saturated carbocycles. The molecule has 8 nitrogen and oxygen atoms in total. The van der Waals surface area contributed by atoms with Gasteiger partial charge >= 0.3 is 0 Å². The zero-order valence-electron chi connectivity index (χ0n) is 13.2. The van der Waals surface area contributed by atoms with Gasteiger partial charge in [0.05, 0.1) is 43.7 Å². The van der Waals surface area contributed by atoms with Gasteiger partial charge in [-0.15, -0.1) is 0 Å². The number of aliphatic hydroxyl groups is 1. The summed E-state index contributed by atoms with van der Waals surface area (Å²) in [5.74, 6) is 0.632. The average Bonchev–Trinajstić information content (AvgIpc) is 2.58. The Kier molecular flexibility index (Phi) is 6.26. The Morgan fingerprint density at radius 2 is 2.04 bits per heavy atom. The summed E-state index contributed by atoms with van der Waals surface area (Å²) in [7, 11) is 0. The summed E-state index contributed by atoms with van der Waals surface area (Å²) in [5, 5.41) is 17.8. The first kappa shape index (κ1) is 17.1. The van der Waals surface area contributed by atoms with Crippen molar-refractivity contribution in [2.75, 3.05) is 44.3 Å². The summed E-state index contributed by atoms with van der Waals surface area (Å²) in [4.78, 5) is 24.2. The van der Waals surface area contributed by atoms with Crippen LogP contribution in [-0.4, -0.2) is 71.4 Å². The Balaban J connectivity index is 1.74. The van der Waals surface area contributed by atoms with Crippen molar-refractivity contribution in [1.82, 2.24) is 14.9 Å². The van der Waals surface area contributed by atoms with Crippen LogP contribution in [0.3, 0.4) is 0 Å². The SMILES string of the molecule is C[C@H](O)COCCC(=O)N1CCN(c2ncc(C#N)cn2)CC1. The average molecular weight is 319 g/mol. The van der Waals surface area contributed by atoms with Gasteiger partial charge in [0.1, 0.15) is 6.07 Å². The molecule has 1 aromatic heterocycles. The summed E-state index contributed by atoms with van der Waals surface area (Å²) in [6.45, 7) is 4.75. The van der Waals surface area contributed by atoms with Crippen LogP contribution >= 0.6 is 0 Å². The van der Waals surface area contributed by atoms with E-state index in [2.05, 4.69) is 9.97 Å². The van der Waals surface area contributed by atoms with Crippen molar-refractivity contribution in [1.29, 1.82) is 5.26 Å². The van der Waals surface area contributed by atoms with Gasteiger partial charge in [-0.3, -0.25) is 4.79 Å². The second-order valence-corrected chi connectivity index (χ2v) is 5.43. The lowest BCUT2D eigenvalue weighted by molar-refractivity contribution is -0.132. The molecular formula is C15H21N5O3. The first-order valence-corrected chi connectivity index (χ1v) is 7.61. The Bertz CT molecular complexity index is 547. The third kappa shape index (κ3) is 5.16. The highest BCUT2D eigenvalue weighted by molar-refractivity contribution is 5.76. The van der Waals surface area contributed by atoms with Gasteiger partial charge in [0.25, 0.3) is 0 Å². The summed E-state index contributed by atoms with van der Waals surface area (Å²) >= 11 is 0. The van der Waals surface area contributed by atoms with Gasteiger partial charge in [0.15, 0.2) is 0 Å². The molecular weight excluding hydrogens is 298 g/mol. The van der Waals surface area contributed by atoms with Crippen molar-refractivity contribution in [3.63, 3.8) is 0 Å². The van der Waals surface area contributed by atoms with Crippen LogP contribution in [0.5, 0.6) is 0 Å². The van der Waals surface area contributed by atoms with Crippen LogP contribution in [-0.2, 0) is 9.53 Å². The standard InChI is InChI=1S/C15H21N5O3/c1-12(21)11-23-7-2-14(22)19-3-5-20(6-4-19)15-17-9-13(8-16)10-18-15/h9-10,12,21H,2-7,11H2,1H3/t12-/m0/s1. The van der Waals surface area contributed by atoms with E-state index >= 15 is 0 Å². The molecule has 1 saturated heterocycles. The highest BCUT2D eigenvalue weighted by Crippen LogP contribution is 2.11. The van der Waals surface area contributed by atoms with E-state index in [1.807, 2.05) is 11.0 Å². The smallest absolute Gasteiger partial charge is 0.225 e. The molecule has 0 bridgehead atoms. The first-order chi connectivity index (χ1) is 11.1. The van der Waals surface area contributed by atoms with Crippen molar-refractivity contribution in [3.8, 4) is 6.07 Å². The van der Waals surface area contributed by atoms with Gasteiger partial charge in [-0.25, -0.2) is 9.97 Å².